The molecule has 1 saturated carbocycles. The highest BCUT2D eigenvalue weighted by Gasteiger charge is 2.50. The number of benzene rings is 1. The number of hydrogen-bond acceptors (Lipinski definition) is 3. The van der Waals surface area contributed by atoms with E-state index in [4.69, 9.17) is 14.0 Å². The van der Waals surface area contributed by atoms with Gasteiger partial charge in [0.05, 0.1) is 23.9 Å². The Balaban J connectivity index is 1.52. The number of rotatable bonds is 4. The molecule has 23 heavy (non-hydrogen) atoms. The van der Waals surface area contributed by atoms with Crippen LogP contribution < -0.4 is 0 Å². The minimum absolute atomic E-state index is 0.233. The summed E-state index contributed by atoms with van der Waals surface area (Å²) in [7, 11) is -0.233. The summed E-state index contributed by atoms with van der Waals surface area (Å²) < 4.78 is 18.1. The van der Waals surface area contributed by atoms with Gasteiger partial charge in [0, 0.05) is 0 Å². The minimum Gasteiger partial charge on any atom is -0.400 e. The standard InChI is InChI=1S/C19H27BO3/c1-18(2)19(3,4)23-20(22-18)13-16-10-11-17(12-16)21-14-15-8-6-5-7-9-15/h5-9,13,17H,10-12,14H2,1-4H3/b16-13-. The third-order valence-electron chi connectivity index (χ3n) is 5.25. The van der Waals surface area contributed by atoms with Gasteiger partial charge in [-0.25, -0.2) is 0 Å². The number of ether oxygens (including phenoxy) is 1. The summed E-state index contributed by atoms with van der Waals surface area (Å²) in [6.45, 7) is 9.05. The maximum atomic E-state index is 6.05. The second-order valence-electron chi connectivity index (χ2n) is 7.61. The van der Waals surface area contributed by atoms with Crippen LogP contribution in [0.25, 0.3) is 0 Å². The summed E-state index contributed by atoms with van der Waals surface area (Å²) in [6, 6.07) is 10.4. The Morgan fingerprint density at radius 2 is 1.78 bits per heavy atom. The van der Waals surface area contributed by atoms with E-state index in [2.05, 4.69) is 57.9 Å². The average molecular weight is 314 g/mol. The van der Waals surface area contributed by atoms with Crippen molar-refractivity contribution in [2.45, 2.75) is 70.9 Å². The predicted molar refractivity (Wildman–Crippen MR) is 93.0 cm³/mol. The van der Waals surface area contributed by atoms with Gasteiger partial charge in [-0.05, 0) is 52.5 Å². The van der Waals surface area contributed by atoms with Crippen molar-refractivity contribution in [3.05, 3.63) is 47.4 Å². The quantitative estimate of drug-likeness (QED) is 0.775. The fourth-order valence-electron chi connectivity index (χ4n) is 3.07. The van der Waals surface area contributed by atoms with E-state index in [1.54, 1.807) is 0 Å². The summed E-state index contributed by atoms with van der Waals surface area (Å²) in [4.78, 5) is 0. The molecule has 0 bridgehead atoms. The average Bonchev–Trinajstić information content (AvgIpc) is 3.00. The summed E-state index contributed by atoms with van der Waals surface area (Å²) in [6.07, 6.45) is 3.45. The van der Waals surface area contributed by atoms with Crippen molar-refractivity contribution in [1.82, 2.24) is 0 Å². The van der Waals surface area contributed by atoms with E-state index >= 15 is 0 Å². The molecule has 1 aromatic carbocycles. The first-order valence-corrected chi connectivity index (χ1v) is 8.56. The van der Waals surface area contributed by atoms with Crippen molar-refractivity contribution in [1.29, 1.82) is 0 Å². The highest BCUT2D eigenvalue weighted by molar-refractivity contribution is 6.51. The molecule has 3 nitrogen and oxygen atoms in total. The van der Waals surface area contributed by atoms with Gasteiger partial charge in [-0.3, -0.25) is 0 Å². The Morgan fingerprint density at radius 3 is 2.43 bits per heavy atom. The van der Waals surface area contributed by atoms with Crippen LogP contribution in [0.5, 0.6) is 0 Å². The fraction of sp³-hybridized carbons (Fsp3) is 0.579. The zero-order valence-electron chi connectivity index (χ0n) is 14.7. The summed E-state index contributed by atoms with van der Waals surface area (Å²) in [5.41, 5.74) is 2.09. The van der Waals surface area contributed by atoms with Crippen LogP contribution in [0.2, 0.25) is 0 Å². The zero-order chi connectivity index (χ0) is 16.5. The SMILES string of the molecule is CC1(C)OB(/C=C2/CCC(OCc3ccccc3)C2)OC1(C)C. The summed E-state index contributed by atoms with van der Waals surface area (Å²) >= 11 is 0. The molecular weight excluding hydrogens is 287 g/mol. The molecule has 1 aliphatic heterocycles. The molecule has 124 valence electrons. The second kappa shape index (κ2) is 6.42. The Bertz CT molecular complexity index is 549. The van der Waals surface area contributed by atoms with Crippen LogP contribution in [0.15, 0.2) is 41.9 Å². The molecule has 3 rings (SSSR count). The van der Waals surface area contributed by atoms with Gasteiger partial charge in [0.2, 0.25) is 0 Å². The molecule has 1 aromatic rings. The highest BCUT2D eigenvalue weighted by atomic mass is 16.7. The van der Waals surface area contributed by atoms with Crippen molar-refractivity contribution in [3.63, 3.8) is 0 Å². The Morgan fingerprint density at radius 1 is 1.13 bits per heavy atom. The van der Waals surface area contributed by atoms with Gasteiger partial charge in [0.25, 0.3) is 0 Å². The van der Waals surface area contributed by atoms with Crippen molar-refractivity contribution < 1.29 is 14.0 Å². The van der Waals surface area contributed by atoms with Gasteiger partial charge in [-0.2, -0.15) is 0 Å². The van der Waals surface area contributed by atoms with E-state index in [1.165, 1.54) is 11.1 Å². The van der Waals surface area contributed by atoms with Crippen molar-refractivity contribution in [2.75, 3.05) is 0 Å². The lowest BCUT2D eigenvalue weighted by Gasteiger charge is -2.32. The van der Waals surface area contributed by atoms with E-state index in [1.807, 2.05) is 6.07 Å². The maximum Gasteiger partial charge on any atom is 0.487 e. The van der Waals surface area contributed by atoms with Gasteiger partial charge >= 0.3 is 7.12 Å². The molecule has 0 N–H and O–H groups in total. The summed E-state index contributed by atoms with van der Waals surface area (Å²) in [5.74, 6) is 2.16. The van der Waals surface area contributed by atoms with Crippen LogP contribution in [0.3, 0.4) is 0 Å². The molecule has 0 spiro atoms. The smallest absolute Gasteiger partial charge is 0.400 e. The molecule has 4 heteroatoms. The normalized spacial score (nSPS) is 27.7. The van der Waals surface area contributed by atoms with Crippen LogP contribution >= 0.6 is 0 Å². The third-order valence-corrected chi connectivity index (χ3v) is 5.25. The van der Waals surface area contributed by atoms with E-state index in [0.29, 0.717) is 12.7 Å². The van der Waals surface area contributed by atoms with Crippen molar-refractivity contribution in [3.8, 4) is 0 Å². The predicted octanol–water partition coefficient (Wildman–Crippen LogP) is 4.31. The lowest BCUT2D eigenvalue weighted by Crippen LogP contribution is -2.41. The monoisotopic (exact) mass is 314 g/mol. The van der Waals surface area contributed by atoms with E-state index in [9.17, 15) is 0 Å². The van der Waals surface area contributed by atoms with E-state index < -0.39 is 0 Å². The molecule has 1 unspecified atom stereocenters. The van der Waals surface area contributed by atoms with Gasteiger partial charge < -0.3 is 14.0 Å². The Labute approximate surface area is 140 Å². The first-order chi connectivity index (χ1) is 10.9. The molecule has 0 amide bonds. The minimum atomic E-state index is -0.267. The summed E-state index contributed by atoms with van der Waals surface area (Å²) in [5, 5.41) is 0. The molecule has 2 fully saturated rings. The van der Waals surface area contributed by atoms with Crippen molar-refractivity contribution in [2.24, 2.45) is 0 Å². The molecule has 2 aliphatic rings. The molecular formula is C19H27BO3. The van der Waals surface area contributed by atoms with E-state index in [-0.39, 0.29) is 18.3 Å². The topological polar surface area (TPSA) is 27.7 Å². The Hall–Kier alpha value is -1.10. The van der Waals surface area contributed by atoms with Gasteiger partial charge in [0.1, 0.15) is 0 Å². The fourth-order valence-corrected chi connectivity index (χ4v) is 3.07. The molecule has 1 saturated heterocycles. The van der Waals surface area contributed by atoms with Crippen LogP contribution in [0.1, 0.15) is 52.5 Å². The van der Waals surface area contributed by atoms with Gasteiger partial charge in [0.15, 0.2) is 0 Å². The molecule has 0 aromatic heterocycles. The van der Waals surface area contributed by atoms with Crippen LogP contribution in [-0.2, 0) is 20.7 Å². The molecule has 0 radical (unpaired) electrons. The molecule has 1 atom stereocenters. The second-order valence-corrected chi connectivity index (χ2v) is 7.61. The Kier molecular flexibility index (Phi) is 4.68. The lowest BCUT2D eigenvalue weighted by molar-refractivity contribution is 0.00578. The van der Waals surface area contributed by atoms with Crippen LogP contribution in [0.4, 0.5) is 0 Å². The molecule has 1 heterocycles. The highest BCUT2D eigenvalue weighted by Crippen LogP contribution is 2.38. The largest absolute Gasteiger partial charge is 0.487 e. The number of hydrogen-bond donors (Lipinski definition) is 0. The van der Waals surface area contributed by atoms with E-state index in [0.717, 1.165) is 19.3 Å². The van der Waals surface area contributed by atoms with Crippen LogP contribution in [-0.4, -0.2) is 24.4 Å². The van der Waals surface area contributed by atoms with Crippen molar-refractivity contribution >= 4 is 7.12 Å². The van der Waals surface area contributed by atoms with Gasteiger partial charge in [-0.1, -0.05) is 41.9 Å². The van der Waals surface area contributed by atoms with Crippen LogP contribution in [0, 0.1) is 0 Å². The first-order valence-electron chi connectivity index (χ1n) is 8.56. The zero-order valence-corrected chi connectivity index (χ0v) is 14.7. The first kappa shape index (κ1) is 16.8. The lowest BCUT2D eigenvalue weighted by atomic mass is 9.86. The maximum absolute atomic E-state index is 6.05. The third kappa shape index (κ3) is 3.88. The molecule has 1 aliphatic carbocycles. The van der Waals surface area contributed by atoms with Gasteiger partial charge in [-0.15, -0.1) is 0 Å².